The fourth-order valence-corrected chi connectivity index (χ4v) is 3.47. The highest BCUT2D eigenvalue weighted by Gasteiger charge is 2.10. The number of thioether (sulfide) groups is 1. The molecule has 152 valence electrons. The predicted molar refractivity (Wildman–Crippen MR) is 116 cm³/mol. The zero-order chi connectivity index (χ0) is 20.6. The smallest absolute Gasteiger partial charge is 0.250 e. The molecule has 7 nitrogen and oxygen atoms in total. The van der Waals surface area contributed by atoms with Crippen LogP contribution in [0.4, 0.5) is 0 Å². The van der Waals surface area contributed by atoms with Gasteiger partial charge in [0, 0.05) is 7.05 Å². The number of hydrogen-bond donors (Lipinski definition) is 1. The van der Waals surface area contributed by atoms with Crippen LogP contribution in [0.1, 0.15) is 18.9 Å². The van der Waals surface area contributed by atoms with E-state index >= 15 is 0 Å². The minimum absolute atomic E-state index is 0.200. The fourth-order valence-electron chi connectivity index (χ4n) is 2.69. The standard InChI is InChI=1S/C21H24N4O3S/c1-4-11-28-19-12-15(9-10-18(19)27-3)13-22-24-20(26)14-29-21-23-16-7-5-6-8-17(16)25(21)2/h5-10,12-13H,4,11,14H2,1-3H3,(H,24,26)/b22-13-. The van der Waals surface area contributed by atoms with Crippen molar-refractivity contribution in [2.75, 3.05) is 19.5 Å². The molecule has 0 spiro atoms. The van der Waals surface area contributed by atoms with Crippen LogP contribution in [0, 0.1) is 0 Å². The van der Waals surface area contributed by atoms with Crippen LogP contribution >= 0.6 is 11.8 Å². The molecular formula is C21H24N4O3S. The fraction of sp³-hybridized carbons (Fsp3) is 0.286. The van der Waals surface area contributed by atoms with E-state index in [1.165, 1.54) is 11.8 Å². The summed E-state index contributed by atoms with van der Waals surface area (Å²) in [4.78, 5) is 16.7. The van der Waals surface area contributed by atoms with E-state index in [0.717, 1.165) is 28.2 Å². The van der Waals surface area contributed by atoms with Crippen molar-refractivity contribution in [3.63, 3.8) is 0 Å². The van der Waals surface area contributed by atoms with Crippen LogP contribution in [0.25, 0.3) is 11.0 Å². The first-order valence-corrected chi connectivity index (χ1v) is 10.3. The number of hydrogen-bond acceptors (Lipinski definition) is 6. The molecule has 0 fully saturated rings. The van der Waals surface area contributed by atoms with Crippen molar-refractivity contribution >= 4 is 34.9 Å². The van der Waals surface area contributed by atoms with Gasteiger partial charge < -0.3 is 14.0 Å². The number of nitrogens with zero attached hydrogens (tertiary/aromatic N) is 3. The van der Waals surface area contributed by atoms with Crippen molar-refractivity contribution in [1.82, 2.24) is 15.0 Å². The SMILES string of the molecule is CCCOc1cc(/C=N\NC(=O)CSc2nc3ccccc3n2C)ccc1OC. The third kappa shape index (κ3) is 5.29. The molecule has 3 rings (SSSR count). The van der Waals surface area contributed by atoms with E-state index in [-0.39, 0.29) is 11.7 Å². The van der Waals surface area contributed by atoms with Crippen LogP contribution in [0.3, 0.4) is 0 Å². The molecule has 1 heterocycles. The zero-order valence-electron chi connectivity index (χ0n) is 16.7. The van der Waals surface area contributed by atoms with Gasteiger partial charge in [-0.1, -0.05) is 30.8 Å². The number of imidazole rings is 1. The minimum atomic E-state index is -0.200. The molecule has 1 aromatic heterocycles. The number of methoxy groups -OCH3 is 1. The predicted octanol–water partition coefficient (Wildman–Crippen LogP) is 3.61. The van der Waals surface area contributed by atoms with Gasteiger partial charge in [-0.15, -0.1) is 0 Å². The Morgan fingerprint density at radius 2 is 2.10 bits per heavy atom. The minimum Gasteiger partial charge on any atom is -0.493 e. The Balaban J connectivity index is 1.56. The highest BCUT2D eigenvalue weighted by atomic mass is 32.2. The van der Waals surface area contributed by atoms with E-state index in [2.05, 4.69) is 15.5 Å². The van der Waals surface area contributed by atoms with Gasteiger partial charge in [0.15, 0.2) is 16.7 Å². The Morgan fingerprint density at radius 3 is 2.86 bits per heavy atom. The van der Waals surface area contributed by atoms with Crippen molar-refractivity contribution in [2.45, 2.75) is 18.5 Å². The van der Waals surface area contributed by atoms with Crippen molar-refractivity contribution in [1.29, 1.82) is 0 Å². The summed E-state index contributed by atoms with van der Waals surface area (Å²) in [5.41, 5.74) is 5.30. The van der Waals surface area contributed by atoms with E-state index in [1.807, 2.05) is 61.0 Å². The van der Waals surface area contributed by atoms with Gasteiger partial charge in [-0.2, -0.15) is 5.10 Å². The van der Waals surface area contributed by atoms with Gasteiger partial charge in [-0.3, -0.25) is 4.79 Å². The summed E-state index contributed by atoms with van der Waals surface area (Å²) in [5, 5.41) is 4.82. The van der Waals surface area contributed by atoms with Gasteiger partial charge in [0.25, 0.3) is 5.91 Å². The highest BCUT2D eigenvalue weighted by molar-refractivity contribution is 7.99. The zero-order valence-corrected chi connectivity index (χ0v) is 17.5. The number of carbonyl (C=O) groups is 1. The summed E-state index contributed by atoms with van der Waals surface area (Å²) in [6, 6.07) is 13.4. The molecule has 0 aliphatic heterocycles. The van der Waals surface area contributed by atoms with E-state index < -0.39 is 0 Å². The van der Waals surface area contributed by atoms with Crippen molar-refractivity contribution in [3.8, 4) is 11.5 Å². The van der Waals surface area contributed by atoms with E-state index in [1.54, 1.807) is 13.3 Å². The maximum absolute atomic E-state index is 12.1. The Labute approximate surface area is 174 Å². The topological polar surface area (TPSA) is 77.7 Å². The second kappa shape index (κ2) is 9.97. The van der Waals surface area contributed by atoms with Crippen LogP contribution in [0.2, 0.25) is 0 Å². The monoisotopic (exact) mass is 412 g/mol. The molecule has 0 saturated carbocycles. The summed E-state index contributed by atoms with van der Waals surface area (Å²) < 4.78 is 13.0. The summed E-state index contributed by atoms with van der Waals surface area (Å²) in [6.07, 6.45) is 2.48. The molecule has 8 heteroatoms. The number of hydrazone groups is 1. The molecule has 1 amide bonds. The Hall–Kier alpha value is -3.00. The lowest BCUT2D eigenvalue weighted by Crippen LogP contribution is -2.19. The Kier molecular flexibility index (Phi) is 7.13. The summed E-state index contributed by atoms with van der Waals surface area (Å²) >= 11 is 1.37. The number of rotatable bonds is 9. The molecule has 0 radical (unpaired) electrons. The lowest BCUT2D eigenvalue weighted by Gasteiger charge is -2.10. The molecule has 0 atom stereocenters. The molecule has 1 N–H and O–H groups in total. The summed E-state index contributed by atoms with van der Waals surface area (Å²) in [7, 11) is 3.54. The molecule has 0 aliphatic carbocycles. The number of amides is 1. The summed E-state index contributed by atoms with van der Waals surface area (Å²) in [5.74, 6) is 1.34. The number of benzene rings is 2. The molecule has 0 saturated heterocycles. The van der Waals surface area contributed by atoms with Crippen LogP contribution in [0.5, 0.6) is 11.5 Å². The van der Waals surface area contributed by atoms with Crippen LogP contribution in [-0.2, 0) is 11.8 Å². The maximum atomic E-state index is 12.1. The first-order valence-electron chi connectivity index (χ1n) is 9.29. The van der Waals surface area contributed by atoms with Crippen LogP contribution in [-0.4, -0.2) is 41.1 Å². The number of carbonyl (C=O) groups excluding carboxylic acids is 1. The van der Waals surface area contributed by atoms with Gasteiger partial charge in [0.05, 0.1) is 36.7 Å². The summed E-state index contributed by atoms with van der Waals surface area (Å²) in [6.45, 7) is 2.64. The lowest BCUT2D eigenvalue weighted by molar-refractivity contribution is -0.118. The average molecular weight is 413 g/mol. The third-order valence-corrected chi connectivity index (χ3v) is 5.16. The second-order valence-electron chi connectivity index (χ2n) is 6.28. The molecular weight excluding hydrogens is 388 g/mol. The number of ether oxygens (including phenoxy) is 2. The van der Waals surface area contributed by atoms with Crippen molar-refractivity contribution in [2.24, 2.45) is 12.1 Å². The highest BCUT2D eigenvalue weighted by Crippen LogP contribution is 2.27. The second-order valence-corrected chi connectivity index (χ2v) is 7.23. The number of aromatic nitrogens is 2. The maximum Gasteiger partial charge on any atom is 0.250 e. The molecule has 29 heavy (non-hydrogen) atoms. The number of aryl methyl sites for hydroxylation is 1. The van der Waals surface area contributed by atoms with Crippen molar-refractivity contribution in [3.05, 3.63) is 48.0 Å². The third-order valence-electron chi connectivity index (χ3n) is 4.13. The lowest BCUT2D eigenvalue weighted by atomic mass is 10.2. The van der Waals surface area contributed by atoms with Crippen LogP contribution in [0.15, 0.2) is 52.7 Å². The molecule has 0 unspecified atom stereocenters. The number of fused-ring (bicyclic) bond motifs is 1. The van der Waals surface area contributed by atoms with Gasteiger partial charge >= 0.3 is 0 Å². The number of para-hydroxylation sites is 2. The first-order chi connectivity index (χ1) is 14.1. The van der Waals surface area contributed by atoms with E-state index in [0.29, 0.717) is 18.1 Å². The quantitative estimate of drug-likeness (QED) is 0.330. The number of nitrogens with one attached hydrogen (secondary N) is 1. The normalized spacial score (nSPS) is 11.1. The van der Waals surface area contributed by atoms with Crippen LogP contribution < -0.4 is 14.9 Å². The Bertz CT molecular complexity index is 1020. The van der Waals surface area contributed by atoms with E-state index in [9.17, 15) is 4.79 Å². The van der Waals surface area contributed by atoms with Crippen molar-refractivity contribution < 1.29 is 14.3 Å². The van der Waals surface area contributed by atoms with E-state index in [4.69, 9.17) is 9.47 Å². The molecule has 2 aromatic carbocycles. The Morgan fingerprint density at radius 1 is 1.28 bits per heavy atom. The van der Waals surface area contributed by atoms with Gasteiger partial charge in [-0.05, 0) is 42.3 Å². The average Bonchev–Trinajstić information content (AvgIpc) is 3.06. The van der Waals surface area contributed by atoms with Gasteiger partial charge in [0.2, 0.25) is 0 Å². The van der Waals surface area contributed by atoms with Gasteiger partial charge in [0.1, 0.15) is 0 Å². The molecule has 0 aliphatic rings. The van der Waals surface area contributed by atoms with Gasteiger partial charge in [-0.25, -0.2) is 10.4 Å². The first kappa shape index (κ1) is 20.7. The molecule has 3 aromatic rings. The largest absolute Gasteiger partial charge is 0.493 e. The molecule has 0 bridgehead atoms.